The summed E-state index contributed by atoms with van der Waals surface area (Å²) in [5, 5.41) is 6.19. The Balaban J connectivity index is 1.55. The molecule has 1 amide bonds. The molecule has 5 nitrogen and oxygen atoms in total. The van der Waals surface area contributed by atoms with E-state index in [1.807, 2.05) is 36.4 Å². The number of carbonyl (C=O) groups is 1. The van der Waals surface area contributed by atoms with Crippen molar-refractivity contribution in [3.05, 3.63) is 89.2 Å². The number of aromatic nitrogens is 1. The first-order valence-electron chi connectivity index (χ1n) is 8.81. The van der Waals surface area contributed by atoms with E-state index in [0.717, 1.165) is 17.0 Å². The molecule has 0 radical (unpaired) electrons. The fourth-order valence-electron chi connectivity index (χ4n) is 2.77. The zero-order valence-corrected chi connectivity index (χ0v) is 15.5. The third kappa shape index (κ3) is 5.07. The van der Waals surface area contributed by atoms with Crippen molar-refractivity contribution < 1.29 is 9.53 Å². The number of pyridine rings is 1. The monoisotopic (exact) mass is 361 g/mol. The van der Waals surface area contributed by atoms with Gasteiger partial charge in [-0.25, -0.2) is 4.98 Å². The molecule has 138 valence electrons. The Hall–Kier alpha value is -3.34. The minimum absolute atomic E-state index is 0.217. The second-order valence-corrected chi connectivity index (χ2v) is 6.27. The van der Waals surface area contributed by atoms with Gasteiger partial charge in [0.1, 0.15) is 11.4 Å². The highest BCUT2D eigenvalue weighted by Crippen LogP contribution is 2.17. The lowest BCUT2D eigenvalue weighted by Gasteiger charge is -2.10. The SMILES string of the molecule is COc1ccccc1CNC(=O)c1ccc(NCc2cccc(C)c2)cn1. The summed E-state index contributed by atoms with van der Waals surface area (Å²) in [5.41, 5.74) is 4.61. The van der Waals surface area contributed by atoms with Crippen LogP contribution >= 0.6 is 0 Å². The molecule has 0 aliphatic carbocycles. The molecule has 0 saturated heterocycles. The van der Waals surface area contributed by atoms with E-state index in [9.17, 15) is 4.79 Å². The van der Waals surface area contributed by atoms with Gasteiger partial charge in [-0.05, 0) is 30.7 Å². The lowest BCUT2D eigenvalue weighted by atomic mass is 10.1. The molecule has 2 N–H and O–H groups in total. The Morgan fingerprint density at radius 2 is 1.89 bits per heavy atom. The van der Waals surface area contributed by atoms with Crippen molar-refractivity contribution in [3.63, 3.8) is 0 Å². The molecule has 0 fully saturated rings. The molecule has 0 unspecified atom stereocenters. The van der Waals surface area contributed by atoms with Crippen molar-refractivity contribution in [1.29, 1.82) is 0 Å². The van der Waals surface area contributed by atoms with Crippen LogP contribution in [-0.4, -0.2) is 18.0 Å². The van der Waals surface area contributed by atoms with Crippen LogP contribution in [0.5, 0.6) is 5.75 Å². The molecule has 0 atom stereocenters. The van der Waals surface area contributed by atoms with Crippen LogP contribution < -0.4 is 15.4 Å². The van der Waals surface area contributed by atoms with Crippen molar-refractivity contribution in [2.45, 2.75) is 20.0 Å². The smallest absolute Gasteiger partial charge is 0.270 e. The first-order valence-corrected chi connectivity index (χ1v) is 8.81. The molecule has 0 bridgehead atoms. The number of nitrogens with one attached hydrogen (secondary N) is 2. The van der Waals surface area contributed by atoms with E-state index in [1.165, 1.54) is 11.1 Å². The fourth-order valence-corrected chi connectivity index (χ4v) is 2.77. The van der Waals surface area contributed by atoms with Crippen LogP contribution in [0.2, 0.25) is 0 Å². The molecule has 5 heteroatoms. The van der Waals surface area contributed by atoms with Crippen LogP contribution in [0.4, 0.5) is 5.69 Å². The average Bonchev–Trinajstić information content (AvgIpc) is 2.71. The van der Waals surface area contributed by atoms with Gasteiger partial charge in [-0.15, -0.1) is 0 Å². The molecule has 1 aromatic heterocycles. The van der Waals surface area contributed by atoms with E-state index in [1.54, 1.807) is 19.4 Å². The normalized spacial score (nSPS) is 10.3. The Bertz CT molecular complexity index is 907. The highest BCUT2D eigenvalue weighted by molar-refractivity contribution is 5.92. The van der Waals surface area contributed by atoms with Crippen LogP contribution in [0, 0.1) is 6.92 Å². The third-order valence-electron chi connectivity index (χ3n) is 4.21. The third-order valence-corrected chi connectivity index (χ3v) is 4.21. The van der Waals surface area contributed by atoms with E-state index < -0.39 is 0 Å². The number of methoxy groups -OCH3 is 1. The molecule has 3 rings (SSSR count). The Morgan fingerprint density at radius 3 is 2.63 bits per heavy atom. The molecule has 0 saturated carbocycles. The van der Waals surface area contributed by atoms with Crippen LogP contribution in [0.1, 0.15) is 27.2 Å². The molecular weight excluding hydrogens is 338 g/mol. The first kappa shape index (κ1) is 18.5. The number of ether oxygens (including phenoxy) is 1. The number of para-hydroxylation sites is 1. The van der Waals surface area contributed by atoms with Crippen LogP contribution in [0.15, 0.2) is 66.9 Å². The Labute approximate surface area is 159 Å². The van der Waals surface area contributed by atoms with Crippen LogP contribution in [0.25, 0.3) is 0 Å². The summed E-state index contributed by atoms with van der Waals surface area (Å²) in [4.78, 5) is 16.6. The van der Waals surface area contributed by atoms with E-state index >= 15 is 0 Å². The highest BCUT2D eigenvalue weighted by atomic mass is 16.5. The van der Waals surface area contributed by atoms with Gasteiger partial charge >= 0.3 is 0 Å². The van der Waals surface area contributed by atoms with Crippen LogP contribution in [-0.2, 0) is 13.1 Å². The Kier molecular flexibility index (Phi) is 6.05. The number of aryl methyl sites for hydroxylation is 1. The standard InChI is InChI=1S/C22H23N3O2/c1-16-6-5-7-17(12-16)13-23-19-10-11-20(24-15-19)22(26)25-14-18-8-3-4-9-21(18)27-2/h3-12,15,23H,13-14H2,1-2H3,(H,25,26). The van der Waals surface area contributed by atoms with Crippen molar-refractivity contribution in [2.75, 3.05) is 12.4 Å². The summed E-state index contributed by atoms with van der Waals surface area (Å²) in [7, 11) is 1.62. The number of rotatable bonds is 7. The number of amides is 1. The van der Waals surface area contributed by atoms with Gasteiger partial charge in [0.25, 0.3) is 5.91 Å². The largest absolute Gasteiger partial charge is 0.496 e. The van der Waals surface area contributed by atoms with Gasteiger partial charge in [0.05, 0.1) is 19.0 Å². The van der Waals surface area contributed by atoms with Gasteiger partial charge in [0.15, 0.2) is 0 Å². The highest BCUT2D eigenvalue weighted by Gasteiger charge is 2.09. The number of carbonyl (C=O) groups excluding carboxylic acids is 1. The number of hydrogen-bond acceptors (Lipinski definition) is 4. The second kappa shape index (κ2) is 8.85. The number of nitrogens with zero attached hydrogens (tertiary/aromatic N) is 1. The van der Waals surface area contributed by atoms with Crippen LogP contribution in [0.3, 0.4) is 0 Å². The minimum atomic E-state index is -0.217. The number of benzene rings is 2. The average molecular weight is 361 g/mol. The quantitative estimate of drug-likeness (QED) is 0.669. The first-order chi connectivity index (χ1) is 13.2. The van der Waals surface area contributed by atoms with E-state index in [-0.39, 0.29) is 5.91 Å². The Morgan fingerprint density at radius 1 is 1.04 bits per heavy atom. The van der Waals surface area contributed by atoms with Gasteiger partial charge < -0.3 is 15.4 Å². The number of hydrogen-bond donors (Lipinski definition) is 2. The number of anilines is 1. The van der Waals surface area contributed by atoms with Crippen molar-refractivity contribution in [3.8, 4) is 5.75 Å². The summed E-state index contributed by atoms with van der Waals surface area (Å²) < 4.78 is 5.29. The topological polar surface area (TPSA) is 63.2 Å². The molecule has 0 aliphatic heterocycles. The maximum absolute atomic E-state index is 12.3. The lowest BCUT2D eigenvalue weighted by Crippen LogP contribution is -2.24. The molecule has 2 aromatic carbocycles. The molecular formula is C22H23N3O2. The maximum atomic E-state index is 12.3. The van der Waals surface area contributed by atoms with E-state index in [0.29, 0.717) is 18.8 Å². The molecule has 0 spiro atoms. The van der Waals surface area contributed by atoms with Gasteiger partial charge in [-0.2, -0.15) is 0 Å². The lowest BCUT2D eigenvalue weighted by molar-refractivity contribution is 0.0945. The van der Waals surface area contributed by atoms with Crippen molar-refractivity contribution in [2.24, 2.45) is 0 Å². The zero-order valence-electron chi connectivity index (χ0n) is 15.5. The van der Waals surface area contributed by atoms with Gasteiger partial charge in [-0.1, -0.05) is 48.0 Å². The summed E-state index contributed by atoms with van der Waals surface area (Å²) in [6, 6.07) is 19.5. The second-order valence-electron chi connectivity index (χ2n) is 6.27. The predicted octanol–water partition coefficient (Wildman–Crippen LogP) is 3.94. The zero-order chi connectivity index (χ0) is 19.1. The molecule has 3 aromatic rings. The predicted molar refractivity (Wildman–Crippen MR) is 107 cm³/mol. The maximum Gasteiger partial charge on any atom is 0.270 e. The molecule has 27 heavy (non-hydrogen) atoms. The summed E-state index contributed by atoms with van der Waals surface area (Å²) in [6.07, 6.45) is 1.67. The van der Waals surface area contributed by atoms with Crippen molar-refractivity contribution >= 4 is 11.6 Å². The van der Waals surface area contributed by atoms with E-state index in [2.05, 4.69) is 40.7 Å². The molecule has 1 heterocycles. The van der Waals surface area contributed by atoms with Gasteiger partial charge in [-0.3, -0.25) is 4.79 Å². The van der Waals surface area contributed by atoms with Crippen molar-refractivity contribution in [1.82, 2.24) is 10.3 Å². The molecule has 0 aliphatic rings. The summed E-state index contributed by atoms with van der Waals surface area (Å²) in [6.45, 7) is 3.17. The summed E-state index contributed by atoms with van der Waals surface area (Å²) >= 11 is 0. The fraction of sp³-hybridized carbons (Fsp3) is 0.182. The van der Waals surface area contributed by atoms with E-state index in [4.69, 9.17) is 4.74 Å². The summed E-state index contributed by atoms with van der Waals surface area (Å²) in [5.74, 6) is 0.535. The minimum Gasteiger partial charge on any atom is -0.496 e. The van der Waals surface area contributed by atoms with Gasteiger partial charge in [0, 0.05) is 18.7 Å². The van der Waals surface area contributed by atoms with Gasteiger partial charge in [0.2, 0.25) is 0 Å².